The Balaban J connectivity index is 1.71. The minimum absolute atomic E-state index is 0.552. The second-order valence-corrected chi connectivity index (χ2v) is 4.67. The highest BCUT2D eigenvalue weighted by atomic mass is 16.3. The average molecular weight is 292 g/mol. The fourth-order valence-electron chi connectivity index (χ4n) is 2.27. The van der Waals surface area contributed by atoms with Gasteiger partial charge in [-0.1, -0.05) is 0 Å². The van der Waals surface area contributed by atoms with Crippen molar-refractivity contribution in [3.63, 3.8) is 0 Å². The smallest absolute Gasteiger partial charge is 0.180 e. The molecular weight excluding hydrogens is 280 g/mol. The Morgan fingerprint density at radius 1 is 1.14 bits per heavy atom. The van der Waals surface area contributed by atoms with Crippen LogP contribution in [-0.4, -0.2) is 24.3 Å². The van der Waals surface area contributed by atoms with Crippen LogP contribution >= 0.6 is 0 Å². The van der Waals surface area contributed by atoms with Gasteiger partial charge in [-0.2, -0.15) is 0 Å². The summed E-state index contributed by atoms with van der Waals surface area (Å²) in [6.07, 6.45) is 12.0. The number of hydrogen-bond donors (Lipinski definition) is 1. The predicted molar refractivity (Wildman–Crippen MR) is 80.0 cm³/mol. The molecule has 0 bridgehead atoms. The van der Waals surface area contributed by atoms with Crippen molar-refractivity contribution in [2.45, 2.75) is 6.54 Å². The Kier molecular flexibility index (Phi) is 3.01. The number of nitrogens with one attached hydrogen (secondary N) is 1. The van der Waals surface area contributed by atoms with Gasteiger partial charge in [0.1, 0.15) is 12.1 Å². The number of anilines is 1. The van der Waals surface area contributed by atoms with Crippen molar-refractivity contribution in [1.82, 2.24) is 24.3 Å². The van der Waals surface area contributed by atoms with Crippen LogP contribution in [0.3, 0.4) is 0 Å². The molecular formula is C15H12N6O. The summed E-state index contributed by atoms with van der Waals surface area (Å²) in [6.45, 7) is 0.552. The highest BCUT2D eigenvalue weighted by Crippen LogP contribution is 2.22. The van der Waals surface area contributed by atoms with Gasteiger partial charge in [-0.15, -0.1) is 0 Å². The van der Waals surface area contributed by atoms with Gasteiger partial charge in [-0.3, -0.25) is 4.40 Å². The first kappa shape index (κ1) is 12.5. The normalized spacial score (nSPS) is 10.9. The van der Waals surface area contributed by atoms with Crippen molar-refractivity contribution in [3.8, 4) is 11.3 Å². The van der Waals surface area contributed by atoms with Crippen LogP contribution in [0.1, 0.15) is 5.76 Å². The summed E-state index contributed by atoms with van der Waals surface area (Å²) in [5.41, 5.74) is 2.56. The molecule has 0 radical (unpaired) electrons. The zero-order chi connectivity index (χ0) is 14.8. The van der Waals surface area contributed by atoms with Crippen LogP contribution in [0.25, 0.3) is 16.9 Å². The number of imidazole rings is 1. The molecule has 0 amide bonds. The lowest BCUT2D eigenvalue weighted by atomic mass is 10.3. The van der Waals surface area contributed by atoms with Gasteiger partial charge in [-0.25, -0.2) is 19.9 Å². The van der Waals surface area contributed by atoms with E-state index < -0.39 is 0 Å². The molecule has 0 spiro atoms. The van der Waals surface area contributed by atoms with Gasteiger partial charge in [0, 0.05) is 30.4 Å². The van der Waals surface area contributed by atoms with Gasteiger partial charge >= 0.3 is 0 Å². The molecule has 0 fully saturated rings. The average Bonchev–Trinajstić information content (AvgIpc) is 3.23. The van der Waals surface area contributed by atoms with Crippen molar-refractivity contribution in [2.24, 2.45) is 0 Å². The molecule has 0 aromatic carbocycles. The van der Waals surface area contributed by atoms with E-state index in [0.29, 0.717) is 12.4 Å². The molecule has 4 aromatic heterocycles. The molecule has 108 valence electrons. The Morgan fingerprint density at radius 3 is 2.86 bits per heavy atom. The first-order chi connectivity index (χ1) is 10.9. The first-order valence-electron chi connectivity index (χ1n) is 6.75. The maximum atomic E-state index is 5.31. The minimum Gasteiger partial charge on any atom is -0.467 e. The Bertz CT molecular complexity index is 885. The van der Waals surface area contributed by atoms with Crippen molar-refractivity contribution >= 4 is 11.5 Å². The van der Waals surface area contributed by atoms with E-state index in [-0.39, 0.29) is 0 Å². The van der Waals surface area contributed by atoms with Crippen LogP contribution in [0.4, 0.5) is 5.82 Å². The summed E-state index contributed by atoms with van der Waals surface area (Å²) in [4.78, 5) is 16.9. The van der Waals surface area contributed by atoms with Crippen LogP contribution in [0.15, 0.2) is 60.1 Å². The second-order valence-electron chi connectivity index (χ2n) is 4.67. The lowest BCUT2D eigenvalue weighted by Crippen LogP contribution is -2.03. The Labute approximate surface area is 125 Å². The SMILES string of the molecule is c1coc(CNc2nccn3c(-c4cncnc4)cnc23)c1. The summed E-state index contributed by atoms with van der Waals surface area (Å²) in [7, 11) is 0. The molecule has 22 heavy (non-hydrogen) atoms. The topological polar surface area (TPSA) is 81.1 Å². The van der Waals surface area contributed by atoms with Crippen LogP contribution in [0, 0.1) is 0 Å². The summed E-state index contributed by atoms with van der Waals surface area (Å²) < 4.78 is 7.26. The molecule has 4 rings (SSSR count). The van der Waals surface area contributed by atoms with E-state index in [2.05, 4.69) is 25.3 Å². The third kappa shape index (κ3) is 2.18. The lowest BCUT2D eigenvalue weighted by Gasteiger charge is -2.06. The molecule has 4 heterocycles. The molecule has 7 heteroatoms. The van der Waals surface area contributed by atoms with E-state index in [1.54, 1.807) is 31.1 Å². The summed E-state index contributed by atoms with van der Waals surface area (Å²) in [5, 5.41) is 3.24. The van der Waals surface area contributed by atoms with E-state index in [9.17, 15) is 0 Å². The summed E-state index contributed by atoms with van der Waals surface area (Å²) >= 11 is 0. The minimum atomic E-state index is 0.552. The number of hydrogen-bond acceptors (Lipinski definition) is 6. The molecule has 0 aliphatic heterocycles. The number of furan rings is 1. The van der Waals surface area contributed by atoms with Crippen LogP contribution in [-0.2, 0) is 6.54 Å². The van der Waals surface area contributed by atoms with Gasteiger partial charge < -0.3 is 9.73 Å². The quantitative estimate of drug-likeness (QED) is 0.622. The van der Waals surface area contributed by atoms with Crippen molar-refractivity contribution in [2.75, 3.05) is 5.32 Å². The fourth-order valence-corrected chi connectivity index (χ4v) is 2.27. The molecule has 0 saturated heterocycles. The number of nitrogens with zero attached hydrogens (tertiary/aromatic N) is 5. The molecule has 0 aliphatic carbocycles. The maximum absolute atomic E-state index is 5.31. The zero-order valence-corrected chi connectivity index (χ0v) is 11.5. The number of aromatic nitrogens is 5. The van der Waals surface area contributed by atoms with Gasteiger partial charge in [0.15, 0.2) is 11.5 Å². The monoisotopic (exact) mass is 292 g/mol. The highest BCUT2D eigenvalue weighted by Gasteiger charge is 2.10. The first-order valence-corrected chi connectivity index (χ1v) is 6.75. The lowest BCUT2D eigenvalue weighted by molar-refractivity contribution is 0.518. The highest BCUT2D eigenvalue weighted by molar-refractivity contribution is 5.69. The zero-order valence-electron chi connectivity index (χ0n) is 11.5. The third-order valence-electron chi connectivity index (χ3n) is 3.29. The second kappa shape index (κ2) is 5.28. The van der Waals surface area contributed by atoms with Gasteiger partial charge in [0.05, 0.1) is 24.7 Å². The predicted octanol–water partition coefficient (Wildman–Crippen LogP) is 2.39. The van der Waals surface area contributed by atoms with E-state index in [1.165, 1.54) is 6.33 Å². The third-order valence-corrected chi connectivity index (χ3v) is 3.29. The summed E-state index contributed by atoms with van der Waals surface area (Å²) in [5.74, 6) is 1.54. The Hall–Kier alpha value is -3.22. The molecule has 0 saturated carbocycles. The van der Waals surface area contributed by atoms with Crippen molar-refractivity contribution in [3.05, 3.63) is 61.5 Å². The standard InChI is InChI=1S/C15H12N6O/c1-2-12(22-5-1)8-19-14-15-20-9-13(21(15)4-3-18-14)11-6-16-10-17-7-11/h1-7,9-10H,8H2,(H,18,19). The van der Waals surface area contributed by atoms with E-state index >= 15 is 0 Å². The summed E-state index contributed by atoms with van der Waals surface area (Å²) in [6, 6.07) is 3.76. The van der Waals surface area contributed by atoms with Crippen LogP contribution in [0.2, 0.25) is 0 Å². The van der Waals surface area contributed by atoms with Crippen LogP contribution in [0.5, 0.6) is 0 Å². The van der Waals surface area contributed by atoms with Gasteiger partial charge in [0.2, 0.25) is 0 Å². The molecule has 0 unspecified atom stereocenters. The molecule has 1 N–H and O–H groups in total. The van der Waals surface area contributed by atoms with Crippen molar-refractivity contribution in [1.29, 1.82) is 0 Å². The van der Waals surface area contributed by atoms with E-state index in [1.807, 2.05) is 22.7 Å². The molecule has 4 aromatic rings. The van der Waals surface area contributed by atoms with Crippen LogP contribution < -0.4 is 5.32 Å². The molecule has 7 nitrogen and oxygen atoms in total. The van der Waals surface area contributed by atoms with E-state index in [0.717, 1.165) is 22.7 Å². The van der Waals surface area contributed by atoms with Crippen molar-refractivity contribution < 1.29 is 4.42 Å². The van der Waals surface area contributed by atoms with Gasteiger partial charge in [-0.05, 0) is 12.1 Å². The van der Waals surface area contributed by atoms with Gasteiger partial charge in [0.25, 0.3) is 0 Å². The molecule has 0 aliphatic rings. The van der Waals surface area contributed by atoms with E-state index in [4.69, 9.17) is 4.42 Å². The maximum Gasteiger partial charge on any atom is 0.180 e. The number of rotatable bonds is 4. The molecule has 0 atom stereocenters. The number of fused-ring (bicyclic) bond motifs is 1. The largest absolute Gasteiger partial charge is 0.467 e. The fraction of sp³-hybridized carbons (Fsp3) is 0.0667. The Morgan fingerprint density at radius 2 is 2.05 bits per heavy atom.